The predicted molar refractivity (Wildman–Crippen MR) is 108 cm³/mol. The molecule has 2 saturated heterocycles. The minimum absolute atomic E-state index is 0.0359. The summed E-state index contributed by atoms with van der Waals surface area (Å²) < 4.78 is 17.6. The molecular formula is C21H35NO3Si. The zero-order valence-electron chi connectivity index (χ0n) is 17.3. The van der Waals surface area contributed by atoms with Crippen molar-refractivity contribution in [1.82, 2.24) is 4.90 Å². The lowest BCUT2D eigenvalue weighted by atomic mass is 9.84. The Labute approximate surface area is 159 Å². The fraction of sp³-hybridized carbons (Fsp3) is 0.714. The molecule has 0 atom stereocenters. The Morgan fingerprint density at radius 3 is 2.08 bits per heavy atom. The van der Waals surface area contributed by atoms with Crippen molar-refractivity contribution >= 4 is 8.32 Å². The third kappa shape index (κ3) is 3.72. The summed E-state index contributed by atoms with van der Waals surface area (Å²) in [6.45, 7) is 15.4. The highest BCUT2D eigenvalue weighted by Crippen LogP contribution is 2.41. The van der Waals surface area contributed by atoms with Gasteiger partial charge in [0, 0.05) is 19.2 Å². The summed E-state index contributed by atoms with van der Waals surface area (Å²) in [7, 11) is 0.0266. The molecule has 2 fully saturated rings. The van der Waals surface area contributed by atoms with Crippen molar-refractivity contribution in [1.29, 1.82) is 0 Å². The second-order valence-corrected chi connectivity index (χ2v) is 14.1. The summed E-state index contributed by atoms with van der Waals surface area (Å²) >= 11 is 0. The van der Waals surface area contributed by atoms with Crippen LogP contribution >= 0.6 is 0 Å². The lowest BCUT2D eigenvalue weighted by molar-refractivity contribution is -0.156. The Bertz CT molecular complexity index is 597. The third-order valence-electron chi connectivity index (χ3n) is 6.62. The van der Waals surface area contributed by atoms with E-state index in [9.17, 15) is 0 Å². The molecule has 1 aromatic rings. The fourth-order valence-electron chi connectivity index (χ4n) is 3.72. The largest absolute Gasteiger partial charge is 0.497 e. The molecule has 0 unspecified atom stereocenters. The van der Waals surface area contributed by atoms with Crippen LogP contribution in [0.2, 0.25) is 18.1 Å². The lowest BCUT2D eigenvalue weighted by Gasteiger charge is -2.53. The van der Waals surface area contributed by atoms with Crippen LogP contribution in [-0.2, 0) is 14.7 Å². The SMILES string of the molecule is COc1ccc(C2(N3CCC(O[Si](C)(C)C(C)(C)C)CC3)COC2)cc1. The maximum Gasteiger partial charge on any atom is 0.192 e. The van der Waals surface area contributed by atoms with Gasteiger partial charge in [0.05, 0.1) is 25.9 Å². The zero-order valence-corrected chi connectivity index (χ0v) is 18.3. The van der Waals surface area contributed by atoms with E-state index in [1.165, 1.54) is 5.56 Å². The molecule has 0 aliphatic carbocycles. The molecule has 0 amide bonds. The summed E-state index contributed by atoms with van der Waals surface area (Å²) in [6.07, 6.45) is 2.63. The molecule has 0 saturated carbocycles. The Morgan fingerprint density at radius 2 is 1.65 bits per heavy atom. The summed E-state index contributed by atoms with van der Waals surface area (Å²) in [5.74, 6) is 0.908. The molecule has 3 rings (SSSR count). The molecule has 4 nitrogen and oxygen atoms in total. The Hall–Kier alpha value is -0.883. The van der Waals surface area contributed by atoms with Crippen LogP contribution in [0.3, 0.4) is 0 Å². The molecule has 2 aliphatic rings. The van der Waals surface area contributed by atoms with Crippen LogP contribution in [0.15, 0.2) is 24.3 Å². The van der Waals surface area contributed by atoms with Crippen LogP contribution < -0.4 is 4.74 Å². The molecule has 0 bridgehead atoms. The van der Waals surface area contributed by atoms with Gasteiger partial charge in [0.15, 0.2) is 8.32 Å². The molecular weight excluding hydrogens is 342 g/mol. The maximum atomic E-state index is 6.66. The monoisotopic (exact) mass is 377 g/mol. The van der Waals surface area contributed by atoms with Crippen molar-refractivity contribution in [2.24, 2.45) is 0 Å². The minimum atomic E-state index is -1.69. The van der Waals surface area contributed by atoms with Gasteiger partial charge in [-0.1, -0.05) is 32.9 Å². The number of methoxy groups -OCH3 is 1. The molecule has 2 aliphatic heterocycles. The van der Waals surface area contributed by atoms with Crippen LogP contribution in [0, 0.1) is 0 Å². The van der Waals surface area contributed by atoms with Gasteiger partial charge in [-0.3, -0.25) is 4.90 Å². The first kappa shape index (κ1) is 19.9. The van der Waals surface area contributed by atoms with Crippen molar-refractivity contribution in [3.8, 4) is 5.75 Å². The molecule has 0 radical (unpaired) electrons. The summed E-state index contributed by atoms with van der Waals surface area (Å²) in [6, 6.07) is 8.50. The van der Waals surface area contributed by atoms with Crippen LogP contribution in [0.25, 0.3) is 0 Å². The first-order valence-electron chi connectivity index (χ1n) is 9.83. The number of hydrogen-bond donors (Lipinski definition) is 0. The van der Waals surface area contributed by atoms with Gasteiger partial charge < -0.3 is 13.9 Å². The second kappa shape index (κ2) is 7.27. The predicted octanol–water partition coefficient (Wildman–Crippen LogP) is 4.41. The molecule has 146 valence electrons. The Balaban J connectivity index is 1.64. The van der Waals surface area contributed by atoms with E-state index >= 15 is 0 Å². The Kier molecular flexibility index (Phi) is 5.55. The van der Waals surface area contributed by atoms with Crippen molar-refractivity contribution < 1.29 is 13.9 Å². The van der Waals surface area contributed by atoms with E-state index in [0.717, 1.165) is 44.9 Å². The van der Waals surface area contributed by atoms with Crippen molar-refractivity contribution in [2.45, 2.75) is 63.4 Å². The molecule has 0 N–H and O–H groups in total. The zero-order chi connectivity index (χ0) is 19.0. The first-order valence-corrected chi connectivity index (χ1v) is 12.7. The van der Waals surface area contributed by atoms with Gasteiger partial charge in [0.2, 0.25) is 0 Å². The number of hydrogen-bond acceptors (Lipinski definition) is 4. The topological polar surface area (TPSA) is 30.9 Å². The van der Waals surface area contributed by atoms with Gasteiger partial charge in [-0.05, 0) is 48.7 Å². The van der Waals surface area contributed by atoms with Crippen LogP contribution in [0.4, 0.5) is 0 Å². The van der Waals surface area contributed by atoms with E-state index in [1.54, 1.807) is 7.11 Å². The van der Waals surface area contributed by atoms with E-state index in [4.69, 9.17) is 13.9 Å². The molecule has 5 heteroatoms. The number of rotatable bonds is 5. The minimum Gasteiger partial charge on any atom is -0.497 e. The van der Waals surface area contributed by atoms with E-state index < -0.39 is 8.32 Å². The van der Waals surface area contributed by atoms with Crippen molar-refractivity contribution in [3.63, 3.8) is 0 Å². The second-order valence-electron chi connectivity index (χ2n) is 9.32. The van der Waals surface area contributed by atoms with Gasteiger partial charge in [0.1, 0.15) is 5.75 Å². The van der Waals surface area contributed by atoms with Gasteiger partial charge in [-0.25, -0.2) is 0 Å². The van der Waals surface area contributed by atoms with Crippen LogP contribution in [-0.4, -0.2) is 52.7 Å². The highest BCUT2D eigenvalue weighted by atomic mass is 28.4. The summed E-state index contributed by atoms with van der Waals surface area (Å²) in [5, 5.41) is 0.274. The lowest BCUT2D eigenvalue weighted by Crippen LogP contribution is -2.62. The highest BCUT2D eigenvalue weighted by molar-refractivity contribution is 6.74. The van der Waals surface area contributed by atoms with E-state index in [0.29, 0.717) is 6.10 Å². The number of piperidine rings is 1. The average molecular weight is 378 g/mol. The first-order chi connectivity index (χ1) is 12.2. The molecule has 26 heavy (non-hydrogen) atoms. The van der Waals surface area contributed by atoms with E-state index in [-0.39, 0.29) is 10.6 Å². The number of ether oxygens (including phenoxy) is 2. The average Bonchev–Trinajstić information content (AvgIpc) is 2.55. The summed E-state index contributed by atoms with van der Waals surface area (Å²) in [4.78, 5) is 2.61. The third-order valence-corrected chi connectivity index (χ3v) is 11.2. The quantitative estimate of drug-likeness (QED) is 0.711. The molecule has 0 aromatic heterocycles. The number of benzene rings is 1. The Morgan fingerprint density at radius 1 is 1.08 bits per heavy atom. The normalized spacial score (nSPS) is 22.1. The molecule has 2 heterocycles. The van der Waals surface area contributed by atoms with Crippen molar-refractivity contribution in [2.75, 3.05) is 33.4 Å². The number of nitrogens with zero attached hydrogens (tertiary/aromatic N) is 1. The van der Waals surface area contributed by atoms with Gasteiger partial charge in [-0.15, -0.1) is 0 Å². The fourth-order valence-corrected chi connectivity index (χ4v) is 5.15. The van der Waals surface area contributed by atoms with E-state index in [1.807, 2.05) is 0 Å². The number of likely N-dealkylation sites (tertiary alicyclic amines) is 1. The summed E-state index contributed by atoms with van der Waals surface area (Å²) in [5.41, 5.74) is 1.38. The molecule has 1 aromatic carbocycles. The molecule has 0 spiro atoms. The highest BCUT2D eigenvalue weighted by Gasteiger charge is 2.47. The van der Waals surface area contributed by atoms with Gasteiger partial charge in [0.25, 0.3) is 0 Å². The standard InChI is InChI=1S/C21H35NO3Si/c1-20(2,3)26(5,6)25-19-11-13-22(14-12-19)21(15-24-16-21)17-7-9-18(23-4)10-8-17/h7-10,19H,11-16H2,1-6H3. The smallest absolute Gasteiger partial charge is 0.192 e. The van der Waals surface area contributed by atoms with Gasteiger partial charge >= 0.3 is 0 Å². The van der Waals surface area contributed by atoms with Crippen LogP contribution in [0.1, 0.15) is 39.2 Å². The van der Waals surface area contributed by atoms with Crippen molar-refractivity contribution in [3.05, 3.63) is 29.8 Å². The maximum absolute atomic E-state index is 6.66. The van der Waals surface area contributed by atoms with Crippen LogP contribution in [0.5, 0.6) is 5.75 Å². The van der Waals surface area contributed by atoms with E-state index in [2.05, 4.69) is 63.0 Å². The van der Waals surface area contributed by atoms with Gasteiger partial charge in [-0.2, -0.15) is 0 Å².